The van der Waals surface area contributed by atoms with Gasteiger partial charge in [-0.25, -0.2) is 9.59 Å². The molecule has 0 saturated heterocycles. The Morgan fingerprint density at radius 1 is 1.08 bits per heavy atom. The predicted octanol–water partition coefficient (Wildman–Crippen LogP) is 3.89. The summed E-state index contributed by atoms with van der Waals surface area (Å²) in [5.74, 6) is -1.01. The van der Waals surface area contributed by atoms with Gasteiger partial charge in [0.25, 0.3) is 0 Å². The average molecular weight is 387 g/mol. The third kappa shape index (κ3) is 6.28. The number of hydrogen-bond donors (Lipinski definition) is 2. The van der Waals surface area contributed by atoms with Crippen LogP contribution in [0.5, 0.6) is 0 Å². The van der Waals surface area contributed by atoms with Gasteiger partial charge in [-0.05, 0) is 31.1 Å². The fourth-order valence-corrected chi connectivity index (χ4v) is 3.70. The Hall–Kier alpha value is -1.67. The SMILES string of the molecule is CCCCCCCNC(=S)Nc1sc(C(=O)OC)c(C)c1C(=O)OC. The molecule has 1 rings (SSSR count). The molecular weight excluding hydrogens is 360 g/mol. The van der Waals surface area contributed by atoms with Gasteiger partial charge in [-0.15, -0.1) is 11.3 Å². The number of thiophene rings is 1. The quantitative estimate of drug-likeness (QED) is 0.379. The Morgan fingerprint density at radius 3 is 2.32 bits per heavy atom. The van der Waals surface area contributed by atoms with E-state index in [4.69, 9.17) is 21.7 Å². The van der Waals surface area contributed by atoms with Crippen molar-refractivity contribution in [3.63, 3.8) is 0 Å². The number of hydrogen-bond acceptors (Lipinski definition) is 6. The van der Waals surface area contributed by atoms with Crippen LogP contribution in [0, 0.1) is 6.92 Å². The number of esters is 2. The van der Waals surface area contributed by atoms with Gasteiger partial charge in [0.05, 0.1) is 19.8 Å². The maximum Gasteiger partial charge on any atom is 0.348 e. The van der Waals surface area contributed by atoms with Crippen LogP contribution in [0.4, 0.5) is 5.00 Å². The van der Waals surface area contributed by atoms with Crippen molar-refractivity contribution in [2.24, 2.45) is 0 Å². The number of nitrogens with one attached hydrogen (secondary N) is 2. The zero-order valence-corrected chi connectivity index (χ0v) is 16.8. The van der Waals surface area contributed by atoms with Crippen LogP contribution in [0.2, 0.25) is 0 Å². The molecule has 0 amide bonds. The number of carbonyl (C=O) groups excluding carboxylic acids is 2. The van der Waals surface area contributed by atoms with Crippen LogP contribution in [0.15, 0.2) is 0 Å². The number of rotatable bonds is 9. The molecule has 140 valence electrons. The van der Waals surface area contributed by atoms with E-state index in [1.807, 2.05) is 0 Å². The Balaban J connectivity index is 2.74. The number of carbonyl (C=O) groups is 2. The molecule has 25 heavy (non-hydrogen) atoms. The van der Waals surface area contributed by atoms with Gasteiger partial charge in [0.15, 0.2) is 5.11 Å². The first kappa shape index (κ1) is 21.4. The zero-order valence-electron chi connectivity index (χ0n) is 15.2. The van der Waals surface area contributed by atoms with Gasteiger partial charge in [0.1, 0.15) is 9.88 Å². The summed E-state index contributed by atoms with van der Waals surface area (Å²) in [7, 11) is 2.60. The molecule has 0 saturated carbocycles. The first-order chi connectivity index (χ1) is 12.0. The van der Waals surface area contributed by atoms with Gasteiger partial charge in [-0.3, -0.25) is 0 Å². The second-order valence-corrected chi connectivity index (χ2v) is 6.97. The highest BCUT2D eigenvalue weighted by atomic mass is 32.1. The minimum Gasteiger partial charge on any atom is -0.465 e. The molecule has 0 aliphatic rings. The topological polar surface area (TPSA) is 76.7 Å². The molecule has 0 spiro atoms. The van der Waals surface area contributed by atoms with E-state index in [9.17, 15) is 9.59 Å². The molecule has 2 N–H and O–H groups in total. The lowest BCUT2D eigenvalue weighted by molar-refractivity contribution is 0.0601. The maximum atomic E-state index is 12.1. The van der Waals surface area contributed by atoms with Gasteiger partial charge >= 0.3 is 11.9 Å². The Kier molecular flexibility index (Phi) is 9.44. The summed E-state index contributed by atoms with van der Waals surface area (Å²) in [5, 5.41) is 7.02. The first-order valence-electron chi connectivity index (χ1n) is 8.31. The molecule has 6 nitrogen and oxygen atoms in total. The highest BCUT2D eigenvalue weighted by Crippen LogP contribution is 2.34. The van der Waals surface area contributed by atoms with Crippen LogP contribution in [0.3, 0.4) is 0 Å². The minimum atomic E-state index is -0.520. The fourth-order valence-electron chi connectivity index (χ4n) is 2.31. The van der Waals surface area contributed by atoms with Crippen molar-refractivity contribution in [1.29, 1.82) is 0 Å². The van der Waals surface area contributed by atoms with E-state index in [-0.39, 0.29) is 0 Å². The van der Waals surface area contributed by atoms with Crippen LogP contribution in [0.25, 0.3) is 0 Å². The molecule has 1 aromatic rings. The first-order valence-corrected chi connectivity index (χ1v) is 9.53. The van der Waals surface area contributed by atoms with Crippen molar-refractivity contribution < 1.29 is 19.1 Å². The van der Waals surface area contributed by atoms with Gasteiger partial charge < -0.3 is 20.1 Å². The molecule has 0 atom stereocenters. The standard InChI is InChI=1S/C17H26N2O4S2/c1-5-6-7-8-9-10-18-17(24)19-14-12(15(20)22-3)11(2)13(25-14)16(21)23-4/h5-10H2,1-4H3,(H2,18,19,24). The molecular formula is C17H26N2O4S2. The molecule has 0 bridgehead atoms. The van der Waals surface area contributed by atoms with E-state index in [0.717, 1.165) is 30.7 Å². The molecule has 0 unspecified atom stereocenters. The Labute approximate surface area is 158 Å². The summed E-state index contributed by atoms with van der Waals surface area (Å²) in [5.41, 5.74) is 0.827. The van der Waals surface area contributed by atoms with E-state index >= 15 is 0 Å². The maximum absolute atomic E-state index is 12.1. The normalized spacial score (nSPS) is 10.2. The number of ether oxygens (including phenoxy) is 2. The van der Waals surface area contributed by atoms with Crippen molar-refractivity contribution in [3.05, 3.63) is 16.0 Å². The molecule has 0 radical (unpaired) electrons. The second kappa shape index (κ2) is 11.0. The number of unbranched alkanes of at least 4 members (excludes halogenated alkanes) is 4. The Morgan fingerprint density at radius 2 is 1.72 bits per heavy atom. The summed E-state index contributed by atoms with van der Waals surface area (Å²) in [6.45, 7) is 4.63. The van der Waals surface area contributed by atoms with Crippen molar-refractivity contribution in [2.45, 2.75) is 46.0 Å². The molecule has 8 heteroatoms. The van der Waals surface area contributed by atoms with E-state index in [1.54, 1.807) is 6.92 Å². The molecule has 0 aliphatic heterocycles. The monoisotopic (exact) mass is 386 g/mol. The number of methoxy groups -OCH3 is 2. The van der Waals surface area contributed by atoms with Crippen LogP contribution >= 0.6 is 23.6 Å². The van der Waals surface area contributed by atoms with Gasteiger partial charge in [-0.2, -0.15) is 0 Å². The molecule has 1 heterocycles. The smallest absolute Gasteiger partial charge is 0.348 e. The largest absolute Gasteiger partial charge is 0.465 e. The van der Waals surface area contributed by atoms with E-state index in [0.29, 0.717) is 26.1 Å². The highest BCUT2D eigenvalue weighted by Gasteiger charge is 2.26. The summed E-state index contributed by atoms with van der Waals surface area (Å²) < 4.78 is 9.57. The molecule has 1 aromatic heterocycles. The average Bonchev–Trinajstić information content (AvgIpc) is 2.92. The minimum absolute atomic E-state index is 0.306. The summed E-state index contributed by atoms with van der Waals surface area (Å²) in [6.07, 6.45) is 5.86. The molecule has 0 aromatic carbocycles. The molecule has 0 aliphatic carbocycles. The molecule has 0 fully saturated rings. The number of anilines is 1. The van der Waals surface area contributed by atoms with Gasteiger partial charge in [0.2, 0.25) is 0 Å². The lowest BCUT2D eigenvalue weighted by Gasteiger charge is -2.10. The number of thiocarbonyl (C=S) groups is 1. The summed E-state index contributed by atoms with van der Waals surface area (Å²) >= 11 is 6.41. The van der Waals surface area contributed by atoms with Crippen LogP contribution in [0.1, 0.15) is 64.6 Å². The van der Waals surface area contributed by atoms with Crippen LogP contribution < -0.4 is 10.6 Å². The van der Waals surface area contributed by atoms with Crippen molar-refractivity contribution >= 4 is 45.6 Å². The Bertz CT molecular complexity index is 614. The second-order valence-electron chi connectivity index (χ2n) is 5.54. The lowest BCUT2D eigenvalue weighted by atomic mass is 10.1. The predicted molar refractivity (Wildman–Crippen MR) is 105 cm³/mol. The lowest BCUT2D eigenvalue weighted by Crippen LogP contribution is -2.29. The van der Waals surface area contributed by atoms with E-state index in [1.165, 1.54) is 33.5 Å². The van der Waals surface area contributed by atoms with Crippen molar-refractivity contribution in [1.82, 2.24) is 5.32 Å². The van der Waals surface area contributed by atoms with E-state index in [2.05, 4.69) is 17.6 Å². The fraction of sp³-hybridized carbons (Fsp3) is 0.588. The summed E-state index contributed by atoms with van der Waals surface area (Å²) in [4.78, 5) is 24.3. The highest BCUT2D eigenvalue weighted by molar-refractivity contribution is 7.80. The van der Waals surface area contributed by atoms with Crippen molar-refractivity contribution in [2.75, 3.05) is 26.1 Å². The van der Waals surface area contributed by atoms with Gasteiger partial charge in [0, 0.05) is 6.54 Å². The summed E-state index contributed by atoms with van der Waals surface area (Å²) in [6, 6.07) is 0. The van der Waals surface area contributed by atoms with Crippen LogP contribution in [-0.4, -0.2) is 37.8 Å². The van der Waals surface area contributed by atoms with E-state index < -0.39 is 11.9 Å². The zero-order chi connectivity index (χ0) is 18.8. The van der Waals surface area contributed by atoms with Crippen molar-refractivity contribution in [3.8, 4) is 0 Å². The van der Waals surface area contributed by atoms with Gasteiger partial charge in [-0.1, -0.05) is 32.6 Å². The third-order valence-corrected chi connectivity index (χ3v) is 5.13. The third-order valence-electron chi connectivity index (χ3n) is 3.70. The van der Waals surface area contributed by atoms with Crippen LogP contribution in [-0.2, 0) is 9.47 Å².